The normalized spacial score (nSPS) is 11.2. The van der Waals surface area contributed by atoms with Crippen LogP contribution in [0.25, 0.3) is 17.0 Å². The van der Waals surface area contributed by atoms with E-state index in [1.165, 1.54) is 0 Å². The minimum Gasteiger partial charge on any atom is -0.493 e. The van der Waals surface area contributed by atoms with Crippen molar-refractivity contribution in [3.63, 3.8) is 0 Å². The Balaban J connectivity index is 1.96. The zero-order chi connectivity index (χ0) is 19.2. The number of carbonyl (C=O) groups excluding carboxylic acids is 1. The van der Waals surface area contributed by atoms with Gasteiger partial charge in [0, 0.05) is 22.7 Å². The van der Waals surface area contributed by atoms with E-state index in [0.29, 0.717) is 29.2 Å². The summed E-state index contributed by atoms with van der Waals surface area (Å²) in [4.78, 5) is 15.9. The van der Waals surface area contributed by atoms with Gasteiger partial charge in [-0.1, -0.05) is 31.2 Å². The summed E-state index contributed by atoms with van der Waals surface area (Å²) in [5.74, 6) is 0.883. The molecule has 0 aliphatic rings. The molecule has 0 atom stereocenters. The lowest BCUT2D eigenvalue weighted by Crippen LogP contribution is -2.01. The summed E-state index contributed by atoms with van der Waals surface area (Å²) in [5.41, 5.74) is 2.10. The number of aromatic amines is 1. The Morgan fingerprint density at radius 3 is 2.78 bits per heavy atom. The first-order valence-electron chi connectivity index (χ1n) is 8.71. The number of Topliss-reactive ketones (excluding diaryl/α,β-unsaturated/α-hetero) is 1. The van der Waals surface area contributed by atoms with Crippen LogP contribution in [0.4, 0.5) is 0 Å². The smallest absolute Gasteiger partial charge is 0.205 e. The number of ketones is 1. The molecule has 1 aromatic heterocycles. The molecule has 3 rings (SSSR count). The van der Waals surface area contributed by atoms with Crippen molar-refractivity contribution in [3.05, 3.63) is 65.4 Å². The van der Waals surface area contributed by atoms with Crippen LogP contribution in [-0.2, 0) is 0 Å². The standard InChI is InChI=1S/C22H20N2O3/c1-3-10-27-21-12-15(8-9-20(21)26-2)11-16(13-23)22(25)18-14-24-19-7-5-4-6-17(18)19/h4-9,11-12,14,24H,3,10H2,1-2H3/b16-11+. The quantitative estimate of drug-likeness (QED) is 0.375. The molecular weight excluding hydrogens is 340 g/mol. The molecule has 5 heteroatoms. The number of nitrogens with one attached hydrogen (secondary N) is 1. The van der Waals surface area contributed by atoms with Crippen molar-refractivity contribution >= 4 is 22.8 Å². The number of H-pyrrole nitrogens is 1. The molecule has 0 spiro atoms. The average molecular weight is 360 g/mol. The summed E-state index contributed by atoms with van der Waals surface area (Å²) in [6, 6.07) is 14.9. The number of methoxy groups -OCH3 is 1. The maximum atomic E-state index is 12.9. The van der Waals surface area contributed by atoms with Crippen LogP contribution in [0, 0.1) is 11.3 Å². The van der Waals surface area contributed by atoms with Gasteiger partial charge in [0.1, 0.15) is 11.6 Å². The fourth-order valence-corrected chi connectivity index (χ4v) is 2.83. The van der Waals surface area contributed by atoms with E-state index in [1.807, 2.05) is 37.3 Å². The van der Waals surface area contributed by atoms with Gasteiger partial charge < -0.3 is 14.5 Å². The first-order chi connectivity index (χ1) is 13.2. The van der Waals surface area contributed by atoms with E-state index in [0.717, 1.165) is 17.3 Å². The molecule has 0 saturated carbocycles. The second-order valence-electron chi connectivity index (χ2n) is 6.01. The lowest BCUT2D eigenvalue weighted by atomic mass is 10.0. The Morgan fingerprint density at radius 2 is 2.04 bits per heavy atom. The summed E-state index contributed by atoms with van der Waals surface area (Å²) in [6.07, 6.45) is 4.08. The van der Waals surface area contributed by atoms with Gasteiger partial charge in [0.15, 0.2) is 11.5 Å². The number of ether oxygens (including phenoxy) is 2. The van der Waals surface area contributed by atoms with Crippen molar-refractivity contribution in [2.75, 3.05) is 13.7 Å². The Morgan fingerprint density at radius 1 is 1.22 bits per heavy atom. The van der Waals surface area contributed by atoms with Gasteiger partial charge in [-0.15, -0.1) is 0 Å². The topological polar surface area (TPSA) is 75.1 Å². The highest BCUT2D eigenvalue weighted by atomic mass is 16.5. The maximum Gasteiger partial charge on any atom is 0.205 e. The van der Waals surface area contributed by atoms with Crippen LogP contribution < -0.4 is 9.47 Å². The first kappa shape index (κ1) is 18.3. The van der Waals surface area contributed by atoms with E-state index in [4.69, 9.17) is 9.47 Å². The van der Waals surface area contributed by atoms with Crippen LogP contribution in [0.5, 0.6) is 11.5 Å². The van der Waals surface area contributed by atoms with Crippen LogP contribution >= 0.6 is 0 Å². The first-order valence-corrected chi connectivity index (χ1v) is 8.71. The lowest BCUT2D eigenvalue weighted by molar-refractivity contribution is 0.104. The largest absolute Gasteiger partial charge is 0.493 e. The van der Waals surface area contributed by atoms with Gasteiger partial charge in [0.05, 0.1) is 13.7 Å². The van der Waals surface area contributed by atoms with Gasteiger partial charge in [-0.05, 0) is 36.3 Å². The number of benzene rings is 2. The zero-order valence-electron chi connectivity index (χ0n) is 15.3. The molecule has 0 aliphatic carbocycles. The van der Waals surface area contributed by atoms with Gasteiger partial charge in [0.25, 0.3) is 0 Å². The Labute approximate surface area is 157 Å². The Hall–Kier alpha value is -3.52. The van der Waals surface area contributed by atoms with Gasteiger partial charge in [-0.25, -0.2) is 0 Å². The maximum absolute atomic E-state index is 12.9. The summed E-state index contributed by atoms with van der Waals surface area (Å²) < 4.78 is 11.0. The summed E-state index contributed by atoms with van der Waals surface area (Å²) in [6.45, 7) is 2.58. The average Bonchev–Trinajstić information content (AvgIpc) is 3.14. The van der Waals surface area contributed by atoms with Gasteiger partial charge in [0.2, 0.25) is 5.78 Å². The monoisotopic (exact) mass is 360 g/mol. The van der Waals surface area contributed by atoms with Gasteiger partial charge in [-0.3, -0.25) is 4.79 Å². The van der Waals surface area contributed by atoms with Crippen molar-refractivity contribution in [2.24, 2.45) is 0 Å². The highest BCUT2D eigenvalue weighted by Crippen LogP contribution is 2.29. The molecule has 136 valence electrons. The van der Waals surface area contributed by atoms with Crippen LogP contribution in [-0.4, -0.2) is 24.5 Å². The predicted octanol–water partition coefficient (Wildman–Crippen LogP) is 4.76. The minimum atomic E-state index is -0.318. The number of allylic oxidation sites excluding steroid dienone is 1. The molecule has 0 unspecified atom stereocenters. The SMILES string of the molecule is CCCOc1cc(/C=C(\C#N)C(=O)c2c[nH]c3ccccc23)ccc1OC. The summed E-state index contributed by atoms with van der Waals surface area (Å²) >= 11 is 0. The number of fused-ring (bicyclic) bond motifs is 1. The van der Waals surface area contributed by atoms with Crippen molar-refractivity contribution in [2.45, 2.75) is 13.3 Å². The highest BCUT2D eigenvalue weighted by Gasteiger charge is 2.17. The van der Waals surface area contributed by atoms with Crippen molar-refractivity contribution in [3.8, 4) is 17.6 Å². The van der Waals surface area contributed by atoms with Gasteiger partial charge in [-0.2, -0.15) is 5.26 Å². The lowest BCUT2D eigenvalue weighted by Gasteiger charge is -2.10. The Bertz CT molecular complexity index is 1040. The predicted molar refractivity (Wildman–Crippen MR) is 105 cm³/mol. The molecule has 27 heavy (non-hydrogen) atoms. The van der Waals surface area contributed by atoms with E-state index in [1.54, 1.807) is 37.6 Å². The third-order valence-corrected chi connectivity index (χ3v) is 4.16. The summed E-state index contributed by atoms with van der Waals surface area (Å²) in [5, 5.41) is 10.3. The number of aromatic nitrogens is 1. The molecule has 5 nitrogen and oxygen atoms in total. The zero-order valence-corrected chi connectivity index (χ0v) is 15.3. The van der Waals surface area contributed by atoms with Crippen molar-refractivity contribution in [1.29, 1.82) is 5.26 Å². The molecule has 0 fully saturated rings. The molecule has 0 amide bonds. The molecule has 0 bridgehead atoms. The van der Waals surface area contributed by atoms with E-state index >= 15 is 0 Å². The number of para-hydroxylation sites is 1. The van der Waals surface area contributed by atoms with E-state index in [2.05, 4.69) is 4.98 Å². The number of hydrogen-bond acceptors (Lipinski definition) is 4. The number of hydrogen-bond donors (Lipinski definition) is 1. The fourth-order valence-electron chi connectivity index (χ4n) is 2.83. The second kappa shape index (κ2) is 8.24. The Kier molecular flexibility index (Phi) is 5.58. The third kappa shape index (κ3) is 3.85. The third-order valence-electron chi connectivity index (χ3n) is 4.16. The van der Waals surface area contributed by atoms with Crippen LogP contribution in [0.3, 0.4) is 0 Å². The second-order valence-corrected chi connectivity index (χ2v) is 6.01. The number of rotatable bonds is 7. The minimum absolute atomic E-state index is 0.0614. The molecule has 1 heterocycles. The van der Waals surface area contributed by atoms with Gasteiger partial charge >= 0.3 is 0 Å². The number of nitriles is 1. The van der Waals surface area contributed by atoms with Crippen LogP contribution in [0.2, 0.25) is 0 Å². The fraction of sp³-hybridized carbons (Fsp3) is 0.182. The van der Waals surface area contributed by atoms with Crippen LogP contribution in [0.1, 0.15) is 29.3 Å². The van der Waals surface area contributed by atoms with Crippen molar-refractivity contribution < 1.29 is 14.3 Å². The molecule has 2 aromatic carbocycles. The summed E-state index contributed by atoms with van der Waals surface area (Å²) in [7, 11) is 1.57. The van der Waals surface area contributed by atoms with E-state index in [9.17, 15) is 10.1 Å². The molecule has 0 aliphatic heterocycles. The van der Waals surface area contributed by atoms with E-state index in [-0.39, 0.29) is 11.4 Å². The molecule has 0 radical (unpaired) electrons. The van der Waals surface area contributed by atoms with Crippen LogP contribution in [0.15, 0.2) is 54.2 Å². The highest BCUT2D eigenvalue weighted by molar-refractivity contribution is 6.19. The molecular formula is C22H20N2O3. The molecule has 0 saturated heterocycles. The van der Waals surface area contributed by atoms with Crippen molar-refractivity contribution in [1.82, 2.24) is 4.98 Å². The molecule has 1 N–H and O–H groups in total. The number of nitrogens with zero attached hydrogens (tertiary/aromatic N) is 1. The van der Waals surface area contributed by atoms with E-state index < -0.39 is 0 Å². The number of carbonyl (C=O) groups is 1. The molecule has 3 aromatic rings.